The first-order valence-electron chi connectivity index (χ1n) is 19.0. The molecule has 0 aromatic heterocycles. The van der Waals surface area contributed by atoms with Crippen molar-refractivity contribution < 1.29 is 42.6 Å². The molecule has 3 aliphatic heterocycles. The fourth-order valence-electron chi connectivity index (χ4n) is 8.24. The van der Waals surface area contributed by atoms with Crippen molar-refractivity contribution in [3.63, 3.8) is 0 Å². The molecule has 0 bridgehead atoms. The first kappa shape index (κ1) is 42.2. The van der Waals surface area contributed by atoms with E-state index in [0.29, 0.717) is 39.0 Å². The third-order valence-corrected chi connectivity index (χ3v) is 12.9. The number of ether oxygens (including phenoxy) is 4. The number of likely N-dealkylation sites (N-methyl/N-ethyl adjacent to an activating group) is 1. The minimum atomic E-state index is -1.55. The molecule has 0 aromatic rings. The molecule has 51 heavy (non-hydrogen) atoms. The van der Waals surface area contributed by atoms with Gasteiger partial charge in [-0.25, -0.2) is 4.79 Å². The number of hydrogen-bond acceptors (Lipinski definition) is 13. The van der Waals surface area contributed by atoms with Gasteiger partial charge in [-0.05, 0) is 113 Å². The zero-order valence-corrected chi connectivity index (χ0v) is 33.6. The maximum Gasteiger partial charge on any atom is 0.408 e. The van der Waals surface area contributed by atoms with E-state index in [-0.39, 0.29) is 29.9 Å². The highest BCUT2D eigenvalue weighted by Crippen LogP contribution is 2.43. The molecule has 294 valence electrons. The molecule has 0 radical (unpaired) electrons. The maximum absolute atomic E-state index is 14.6. The monoisotopic (exact) mass is 742 g/mol. The number of aliphatic hydroxyl groups excluding tert-OH is 1. The van der Waals surface area contributed by atoms with Crippen LogP contribution in [0.4, 0.5) is 4.79 Å². The van der Waals surface area contributed by atoms with Crippen LogP contribution in [0, 0.1) is 23.2 Å². The molecule has 12 atom stereocenters. The average molecular weight is 743 g/mol. The van der Waals surface area contributed by atoms with Gasteiger partial charge in [0.05, 0.1) is 23.0 Å². The van der Waals surface area contributed by atoms with Gasteiger partial charge in [-0.3, -0.25) is 13.8 Å². The number of aliphatic hydroxyl groups is 1. The summed E-state index contributed by atoms with van der Waals surface area (Å²) < 4.78 is 31.3. The highest BCUT2D eigenvalue weighted by atomic mass is 32.2. The smallest absolute Gasteiger partial charge is 0.408 e. The molecule has 14 heteroatoms. The topological polar surface area (TPSA) is 157 Å². The molecule has 0 spiro atoms. The van der Waals surface area contributed by atoms with Crippen molar-refractivity contribution in [1.29, 1.82) is 0 Å². The summed E-state index contributed by atoms with van der Waals surface area (Å²) in [6.07, 6.45) is 0.668. The fourth-order valence-corrected chi connectivity index (χ4v) is 9.28. The molecule has 4 aliphatic rings. The quantitative estimate of drug-likeness (QED) is 0.138. The van der Waals surface area contributed by atoms with Gasteiger partial charge in [-0.2, -0.15) is 0 Å². The van der Waals surface area contributed by atoms with E-state index in [0.717, 1.165) is 24.5 Å². The Morgan fingerprint density at radius 3 is 2.35 bits per heavy atom. The van der Waals surface area contributed by atoms with Crippen molar-refractivity contribution in [3.05, 3.63) is 0 Å². The lowest BCUT2D eigenvalue weighted by Crippen LogP contribution is -2.60. The standard InChI is InChI=1S/C37H66N4O9S/c1-12-27-37(9)29(40-34(45)49-37)23(5)39-18-21(3)17-36(8,46-13-2)31(22(4)30(43)35(6,7)33(44)48-27)51-50-32-28(42)26(41(10)11)16-25(47-32)20-38-19-24-14-15-24/h21-29,31-32,38-39,42H,12-20H2,1-11H3,(H,40,45)/t21-,22+,23-,25+,26+,27-,28-,29-,31-,32+,36?,37-/m1/s1. The Bertz CT molecular complexity index is 1210. The van der Waals surface area contributed by atoms with Gasteiger partial charge in [0, 0.05) is 43.2 Å². The van der Waals surface area contributed by atoms with Crippen LogP contribution in [0.2, 0.25) is 0 Å². The van der Waals surface area contributed by atoms with E-state index in [4.69, 9.17) is 23.1 Å². The van der Waals surface area contributed by atoms with Gasteiger partial charge < -0.3 is 44.9 Å². The van der Waals surface area contributed by atoms with Crippen LogP contribution in [0.25, 0.3) is 0 Å². The van der Waals surface area contributed by atoms with Crippen molar-refractivity contribution >= 4 is 29.9 Å². The Morgan fingerprint density at radius 2 is 1.75 bits per heavy atom. The van der Waals surface area contributed by atoms with Gasteiger partial charge >= 0.3 is 12.1 Å². The number of ketones is 1. The first-order valence-corrected chi connectivity index (χ1v) is 19.8. The number of rotatable bonds is 11. The predicted molar refractivity (Wildman–Crippen MR) is 196 cm³/mol. The Balaban J connectivity index is 1.65. The molecule has 3 heterocycles. The summed E-state index contributed by atoms with van der Waals surface area (Å²) in [6, 6.07) is -0.914. The molecule has 1 unspecified atom stereocenters. The van der Waals surface area contributed by atoms with Crippen molar-refractivity contribution in [1.82, 2.24) is 20.9 Å². The summed E-state index contributed by atoms with van der Waals surface area (Å²) in [6.45, 7) is 19.2. The number of fused-ring (bicyclic) bond motifs is 1. The number of carbonyl (C=O) groups is 3. The van der Waals surface area contributed by atoms with Crippen LogP contribution in [0.5, 0.6) is 0 Å². The number of cyclic esters (lactones) is 1. The third-order valence-electron chi connectivity index (χ3n) is 11.5. The molecule has 1 amide bonds. The van der Waals surface area contributed by atoms with E-state index in [2.05, 4.69) is 22.9 Å². The van der Waals surface area contributed by atoms with E-state index in [1.165, 1.54) is 12.8 Å². The Morgan fingerprint density at radius 1 is 1.06 bits per heavy atom. The number of esters is 1. The molecular formula is C37H66N4O9S. The van der Waals surface area contributed by atoms with E-state index < -0.39 is 64.4 Å². The van der Waals surface area contributed by atoms with Crippen LogP contribution in [0.3, 0.4) is 0 Å². The van der Waals surface area contributed by atoms with Crippen LogP contribution in [0.1, 0.15) is 94.4 Å². The van der Waals surface area contributed by atoms with Gasteiger partial charge in [-0.15, -0.1) is 0 Å². The number of amides is 1. The van der Waals surface area contributed by atoms with Crippen molar-refractivity contribution in [2.75, 3.05) is 40.3 Å². The lowest BCUT2D eigenvalue weighted by atomic mass is 9.75. The van der Waals surface area contributed by atoms with Crippen LogP contribution in [0.15, 0.2) is 0 Å². The number of nitrogens with zero attached hydrogens (tertiary/aromatic N) is 1. The third kappa shape index (κ3) is 9.78. The SMILES string of the molecule is CCOC1(C)C[C@@H](C)CN[C@H](C)[C@H]2NC(=O)O[C@]2(C)[C@@H](CC)OC(=O)C(C)(C)C(=O)[C@H](C)[C@H]1SO[C@@H]1O[C@H](CNCC2CC2)C[C@H](N(C)C)[C@H]1O. The van der Waals surface area contributed by atoms with Crippen LogP contribution in [-0.2, 0) is 32.7 Å². The fraction of sp³-hybridized carbons (Fsp3) is 0.919. The number of alkyl carbamates (subject to hydrolysis) is 1. The zero-order chi connectivity index (χ0) is 37.9. The summed E-state index contributed by atoms with van der Waals surface area (Å²) in [5.74, 6) is -0.970. The molecule has 4 fully saturated rings. The molecule has 13 nitrogen and oxygen atoms in total. The zero-order valence-electron chi connectivity index (χ0n) is 32.8. The molecule has 1 aliphatic carbocycles. The summed E-state index contributed by atoms with van der Waals surface area (Å²) in [5, 5.41) is 20.9. The predicted octanol–water partition coefficient (Wildman–Crippen LogP) is 3.66. The second-order valence-electron chi connectivity index (χ2n) is 16.6. The number of nitrogens with one attached hydrogen (secondary N) is 3. The molecule has 1 saturated carbocycles. The summed E-state index contributed by atoms with van der Waals surface area (Å²) in [7, 11) is 3.89. The average Bonchev–Trinajstić information content (AvgIpc) is 3.83. The van der Waals surface area contributed by atoms with Crippen molar-refractivity contribution in [2.45, 2.75) is 154 Å². The van der Waals surface area contributed by atoms with Gasteiger partial charge in [0.15, 0.2) is 17.7 Å². The summed E-state index contributed by atoms with van der Waals surface area (Å²) in [5.41, 5.74) is -3.61. The van der Waals surface area contributed by atoms with E-state index >= 15 is 0 Å². The Labute approximate surface area is 309 Å². The van der Waals surface area contributed by atoms with Gasteiger partial charge in [0.25, 0.3) is 0 Å². The molecule has 4 rings (SSSR count). The van der Waals surface area contributed by atoms with E-state index in [1.54, 1.807) is 27.7 Å². The molecule has 4 N–H and O–H groups in total. The highest BCUT2D eigenvalue weighted by molar-refractivity contribution is 7.95. The second kappa shape index (κ2) is 17.3. The minimum absolute atomic E-state index is 0.0632. The van der Waals surface area contributed by atoms with Gasteiger partial charge in [0.1, 0.15) is 17.6 Å². The van der Waals surface area contributed by atoms with Gasteiger partial charge in [0.2, 0.25) is 0 Å². The highest BCUT2D eigenvalue weighted by Gasteiger charge is 2.56. The summed E-state index contributed by atoms with van der Waals surface area (Å²) >= 11 is 1.10. The van der Waals surface area contributed by atoms with E-state index in [9.17, 15) is 19.5 Å². The normalized spacial score (nSPS) is 41.2. The van der Waals surface area contributed by atoms with Gasteiger partial charge in [-0.1, -0.05) is 20.8 Å². The number of carbonyl (C=O) groups excluding carboxylic acids is 3. The lowest BCUT2D eigenvalue weighted by molar-refractivity contribution is -0.215. The molecule has 3 saturated heterocycles. The first-order chi connectivity index (χ1) is 23.9. The van der Waals surface area contributed by atoms with Crippen LogP contribution < -0.4 is 16.0 Å². The lowest BCUT2D eigenvalue weighted by Gasteiger charge is -2.44. The van der Waals surface area contributed by atoms with Crippen molar-refractivity contribution in [2.24, 2.45) is 23.2 Å². The van der Waals surface area contributed by atoms with Crippen LogP contribution in [-0.4, -0.2) is 127 Å². The molecular weight excluding hydrogens is 676 g/mol. The number of hydrogen-bond donors (Lipinski definition) is 4. The Hall–Kier alpha value is -1.52. The molecule has 0 aromatic carbocycles. The number of Topliss-reactive ketones (excluding diaryl/α,β-unsaturated/α-hetero) is 1. The Kier molecular flexibility index (Phi) is 14.3. The second-order valence-corrected chi connectivity index (χ2v) is 17.5. The maximum atomic E-state index is 14.6. The van der Waals surface area contributed by atoms with Crippen molar-refractivity contribution in [3.8, 4) is 0 Å². The van der Waals surface area contributed by atoms with Crippen LogP contribution >= 0.6 is 12.0 Å². The largest absolute Gasteiger partial charge is 0.457 e. The minimum Gasteiger partial charge on any atom is -0.457 e. The van der Waals surface area contributed by atoms with E-state index in [1.807, 2.05) is 46.7 Å². The summed E-state index contributed by atoms with van der Waals surface area (Å²) in [4.78, 5) is 43.2.